The van der Waals surface area contributed by atoms with Gasteiger partial charge in [-0.15, -0.1) is 0 Å². The molecule has 0 amide bonds. The van der Waals surface area contributed by atoms with Crippen molar-refractivity contribution >= 4 is 5.70 Å². The van der Waals surface area contributed by atoms with Crippen LogP contribution >= 0.6 is 0 Å². The first-order chi connectivity index (χ1) is 19.4. The Kier molecular flexibility index (Phi) is 5.70. The number of rotatable bonds is 1. The van der Waals surface area contributed by atoms with E-state index in [1.54, 1.807) is 0 Å². The van der Waals surface area contributed by atoms with Gasteiger partial charge in [-0.1, -0.05) is 48.5 Å². The van der Waals surface area contributed by atoms with Crippen LogP contribution in [0.4, 0.5) is 13.2 Å². The molecule has 0 N–H and O–H groups in total. The van der Waals surface area contributed by atoms with Crippen LogP contribution in [0, 0.1) is 24.4 Å². The van der Waals surface area contributed by atoms with Gasteiger partial charge in [0.05, 0.1) is 11.5 Å². The minimum Gasteiger partial charge on any atom is -0.207 e. The highest BCUT2D eigenvalue weighted by Gasteiger charge is 2.47. The van der Waals surface area contributed by atoms with Crippen molar-refractivity contribution in [3.63, 3.8) is 0 Å². The normalized spacial score (nSPS) is 17.4. The Hall–Kier alpha value is -4.51. The first kappa shape index (κ1) is 24.5. The molecule has 7 rings (SSSR count). The Morgan fingerprint density at radius 1 is 0.800 bits per heavy atom. The van der Waals surface area contributed by atoms with Crippen molar-refractivity contribution in [3.05, 3.63) is 138 Å². The summed E-state index contributed by atoms with van der Waals surface area (Å²) in [6.07, 6.45) is 4.76. The maximum absolute atomic E-state index is 15.8. The van der Waals surface area contributed by atoms with E-state index in [2.05, 4.69) is 29.3 Å². The lowest BCUT2D eigenvalue weighted by Crippen LogP contribution is -2.53. The molecule has 2 unspecified atom stereocenters. The van der Waals surface area contributed by atoms with Crippen molar-refractivity contribution in [2.75, 3.05) is 0 Å². The largest absolute Gasteiger partial charge is 0.249 e. The summed E-state index contributed by atoms with van der Waals surface area (Å²) in [5, 5.41) is 0. The molecule has 2 atom stereocenters. The lowest BCUT2D eigenvalue weighted by Gasteiger charge is -2.29. The first-order valence-corrected chi connectivity index (χ1v) is 13.5. The summed E-state index contributed by atoms with van der Waals surface area (Å²) >= 11 is 0. The zero-order valence-corrected chi connectivity index (χ0v) is 22.0. The van der Waals surface area contributed by atoms with Gasteiger partial charge in [0.25, 0.3) is 0 Å². The minimum atomic E-state index is -1.20. The zero-order chi connectivity index (χ0) is 27.5. The molecule has 0 fully saturated rings. The smallest absolute Gasteiger partial charge is 0.207 e. The standard InChI is InChI=1S/C35H27F3N2/c1-21-20-40-22(2)35-26(24-12-6-7-13-25(24)31-14-8-9-17-39(31)35)15-16-27-29(36)19-30(37)34(38)33(27)32(40)18-28(21)23-10-4-3-5-11-23/h3-14,17-20,26,35H,2,15-16H2,1H3/q+2. The van der Waals surface area contributed by atoms with Crippen molar-refractivity contribution in [3.8, 4) is 33.6 Å². The Bertz CT molecular complexity index is 1830. The molecular weight excluding hydrogens is 505 g/mol. The van der Waals surface area contributed by atoms with Crippen molar-refractivity contribution in [2.45, 2.75) is 31.7 Å². The van der Waals surface area contributed by atoms with Crippen LogP contribution in [0.3, 0.4) is 0 Å². The number of nitrogens with zero attached hydrogens (tertiary/aromatic N) is 2. The van der Waals surface area contributed by atoms with E-state index in [-0.39, 0.29) is 29.5 Å². The molecule has 40 heavy (non-hydrogen) atoms. The highest BCUT2D eigenvalue weighted by atomic mass is 19.2. The van der Waals surface area contributed by atoms with Gasteiger partial charge in [-0.05, 0) is 55.2 Å². The summed E-state index contributed by atoms with van der Waals surface area (Å²) in [4.78, 5) is 0. The molecule has 0 radical (unpaired) electrons. The second-order valence-corrected chi connectivity index (χ2v) is 10.7. The molecule has 0 aliphatic carbocycles. The summed E-state index contributed by atoms with van der Waals surface area (Å²) in [5.41, 5.74) is 7.32. The summed E-state index contributed by atoms with van der Waals surface area (Å²) in [5.74, 6) is -3.03. The number of hydrogen-bond acceptors (Lipinski definition) is 0. The van der Waals surface area contributed by atoms with Crippen molar-refractivity contribution in [1.82, 2.24) is 0 Å². The lowest BCUT2D eigenvalue weighted by atomic mass is 9.78. The van der Waals surface area contributed by atoms with Crippen LogP contribution in [-0.4, -0.2) is 0 Å². The molecule has 0 bridgehead atoms. The number of hydrogen-bond donors (Lipinski definition) is 0. The highest BCUT2D eigenvalue weighted by molar-refractivity contribution is 5.74. The first-order valence-electron chi connectivity index (χ1n) is 13.5. The quantitative estimate of drug-likeness (QED) is 0.154. The molecule has 2 aliphatic rings. The maximum Gasteiger partial charge on any atom is 0.249 e. The van der Waals surface area contributed by atoms with Crippen LogP contribution < -0.4 is 9.13 Å². The summed E-state index contributed by atoms with van der Waals surface area (Å²) in [6, 6.07) is 26.4. The van der Waals surface area contributed by atoms with Crippen LogP contribution in [0.5, 0.6) is 0 Å². The van der Waals surface area contributed by atoms with E-state index in [4.69, 9.17) is 0 Å². The van der Waals surface area contributed by atoms with Gasteiger partial charge >= 0.3 is 0 Å². The molecule has 2 nitrogen and oxygen atoms in total. The van der Waals surface area contributed by atoms with Crippen molar-refractivity contribution in [1.29, 1.82) is 0 Å². The molecule has 0 spiro atoms. The summed E-state index contributed by atoms with van der Waals surface area (Å²) in [7, 11) is 0. The molecular formula is C35H27F3N2+2. The molecule has 5 heteroatoms. The third kappa shape index (κ3) is 3.64. The predicted molar refractivity (Wildman–Crippen MR) is 150 cm³/mol. The number of benzene rings is 3. The van der Waals surface area contributed by atoms with Crippen molar-refractivity contribution < 1.29 is 22.3 Å². The van der Waals surface area contributed by atoms with E-state index < -0.39 is 17.5 Å². The van der Waals surface area contributed by atoms with Crippen LogP contribution in [0.2, 0.25) is 0 Å². The Morgan fingerprint density at radius 3 is 2.38 bits per heavy atom. The third-order valence-electron chi connectivity index (χ3n) is 8.47. The van der Waals surface area contributed by atoms with Gasteiger partial charge in [0.15, 0.2) is 24.0 Å². The van der Waals surface area contributed by atoms with E-state index in [0.717, 1.165) is 33.5 Å². The fraction of sp³-hybridized carbons (Fsp3) is 0.143. The lowest BCUT2D eigenvalue weighted by molar-refractivity contribution is -0.727. The average Bonchev–Trinajstić information content (AvgIpc) is 3.03. The van der Waals surface area contributed by atoms with Gasteiger partial charge in [0.1, 0.15) is 5.82 Å². The molecule has 0 saturated carbocycles. The van der Waals surface area contributed by atoms with Gasteiger partial charge < -0.3 is 0 Å². The second-order valence-electron chi connectivity index (χ2n) is 10.7. The molecule has 2 aliphatic heterocycles. The monoisotopic (exact) mass is 532 g/mol. The zero-order valence-electron chi connectivity index (χ0n) is 22.0. The fourth-order valence-corrected chi connectivity index (χ4v) is 6.65. The molecule has 3 aromatic carbocycles. The molecule has 4 heterocycles. The van der Waals surface area contributed by atoms with Crippen LogP contribution in [0.1, 0.15) is 35.1 Å². The second kappa shape index (κ2) is 9.30. The molecule has 5 aromatic rings. The number of halogens is 3. The van der Waals surface area contributed by atoms with Crippen LogP contribution in [0.15, 0.2) is 104 Å². The Labute approximate surface area is 231 Å². The van der Waals surface area contributed by atoms with E-state index in [1.165, 1.54) is 0 Å². The fourth-order valence-electron chi connectivity index (χ4n) is 6.65. The third-order valence-corrected chi connectivity index (χ3v) is 8.47. The maximum atomic E-state index is 15.8. The van der Waals surface area contributed by atoms with Gasteiger partial charge in [-0.2, -0.15) is 9.13 Å². The van der Waals surface area contributed by atoms with E-state index >= 15 is 8.78 Å². The number of aromatic nitrogens is 2. The van der Waals surface area contributed by atoms with E-state index in [1.807, 2.05) is 84.5 Å². The van der Waals surface area contributed by atoms with E-state index in [0.29, 0.717) is 23.9 Å². The average molecular weight is 533 g/mol. The molecule has 196 valence electrons. The molecule has 2 aromatic heterocycles. The summed E-state index contributed by atoms with van der Waals surface area (Å²) in [6.45, 7) is 6.57. The van der Waals surface area contributed by atoms with Crippen LogP contribution in [-0.2, 0) is 6.42 Å². The van der Waals surface area contributed by atoms with Gasteiger partial charge in [-0.25, -0.2) is 13.2 Å². The topological polar surface area (TPSA) is 7.76 Å². The molecule has 0 saturated heterocycles. The predicted octanol–water partition coefficient (Wildman–Crippen LogP) is 7.74. The van der Waals surface area contributed by atoms with Gasteiger partial charge in [0.2, 0.25) is 23.1 Å². The SMILES string of the molecule is C=C1C2C(CCc3c(F)cc(F)c(F)c3-c3cc(-c4ccccc4)c(C)c[n+]31)c1ccccc1-c1cccc[n+]12. The van der Waals surface area contributed by atoms with Gasteiger partial charge in [0, 0.05) is 41.0 Å². The summed E-state index contributed by atoms with van der Waals surface area (Å²) < 4.78 is 50.3. The number of fused-ring (bicyclic) bond motifs is 9. The van der Waals surface area contributed by atoms with Crippen LogP contribution in [0.25, 0.3) is 39.3 Å². The number of pyridine rings is 2. The number of allylic oxidation sites excluding steroid dienone is 1. The Morgan fingerprint density at radius 2 is 1.55 bits per heavy atom. The Balaban J connectivity index is 1.56. The number of aryl methyl sites for hydroxylation is 1. The van der Waals surface area contributed by atoms with E-state index in [9.17, 15) is 4.39 Å². The van der Waals surface area contributed by atoms with Crippen molar-refractivity contribution in [2.24, 2.45) is 0 Å². The van der Waals surface area contributed by atoms with Gasteiger partial charge in [-0.3, -0.25) is 0 Å². The highest BCUT2D eigenvalue weighted by Crippen LogP contribution is 2.45. The minimum absolute atomic E-state index is 0.0407.